The number of nitrogens with one attached hydrogen (secondary N) is 3. The van der Waals surface area contributed by atoms with Gasteiger partial charge in [-0.15, -0.1) is 21.5 Å². The van der Waals surface area contributed by atoms with E-state index in [1.807, 2.05) is 60.7 Å². The number of carbonyl (C=O) groups is 1. The number of halogens is 1. The molecular formula is C26H19ClN6OS2. The van der Waals surface area contributed by atoms with Gasteiger partial charge in [0.05, 0.1) is 5.69 Å². The molecule has 10 heteroatoms. The molecule has 0 radical (unpaired) electrons. The predicted octanol–water partition coefficient (Wildman–Crippen LogP) is 5.89. The van der Waals surface area contributed by atoms with E-state index < -0.39 is 5.91 Å². The Morgan fingerprint density at radius 2 is 1.50 bits per heavy atom. The van der Waals surface area contributed by atoms with Gasteiger partial charge in [0.1, 0.15) is 15.4 Å². The fourth-order valence-electron chi connectivity index (χ4n) is 3.73. The zero-order valence-corrected chi connectivity index (χ0v) is 21.0. The number of anilines is 2. The lowest BCUT2D eigenvalue weighted by atomic mass is 9.96. The van der Waals surface area contributed by atoms with Crippen molar-refractivity contribution in [2.24, 2.45) is 0 Å². The molecule has 0 aliphatic carbocycles. The van der Waals surface area contributed by atoms with Gasteiger partial charge in [0.2, 0.25) is 0 Å². The third kappa shape index (κ3) is 4.85. The molecule has 36 heavy (non-hydrogen) atoms. The van der Waals surface area contributed by atoms with Crippen LogP contribution in [0.3, 0.4) is 0 Å². The number of thiophene rings is 1. The number of hydrazine groups is 1. The van der Waals surface area contributed by atoms with Crippen LogP contribution in [0.2, 0.25) is 5.02 Å². The Labute approximate surface area is 221 Å². The molecule has 2 heterocycles. The summed E-state index contributed by atoms with van der Waals surface area (Å²) >= 11 is 12.4. The van der Waals surface area contributed by atoms with E-state index in [9.17, 15) is 4.79 Å². The third-order valence-corrected chi connectivity index (χ3v) is 6.91. The van der Waals surface area contributed by atoms with Crippen LogP contribution < -0.4 is 21.9 Å². The number of aromatic nitrogens is 2. The van der Waals surface area contributed by atoms with Crippen molar-refractivity contribution in [2.75, 3.05) is 11.1 Å². The van der Waals surface area contributed by atoms with Gasteiger partial charge in [-0.05, 0) is 42.0 Å². The van der Waals surface area contributed by atoms with Gasteiger partial charge >= 0.3 is 0 Å². The highest BCUT2D eigenvalue weighted by Crippen LogP contribution is 2.42. The summed E-state index contributed by atoms with van der Waals surface area (Å²) in [6.45, 7) is 0. The van der Waals surface area contributed by atoms with Crippen molar-refractivity contribution in [3.63, 3.8) is 0 Å². The normalized spacial score (nSPS) is 10.7. The Hall–Kier alpha value is -4.05. The minimum absolute atomic E-state index is 0.210. The lowest BCUT2D eigenvalue weighted by Gasteiger charge is -2.12. The summed E-state index contributed by atoms with van der Waals surface area (Å²) < 4.78 is 0. The maximum Gasteiger partial charge on any atom is 0.281 e. The number of nitrogens with two attached hydrogens (primary N) is 1. The maximum atomic E-state index is 13.0. The predicted molar refractivity (Wildman–Crippen MR) is 151 cm³/mol. The van der Waals surface area contributed by atoms with Gasteiger partial charge < -0.3 is 11.1 Å². The standard InChI is InChI=1S/C26H19ClN6OS2/c27-17-11-13-18(14-12-17)29-26(35)33-31-24(34)23-21(28)20-19(15-7-3-1-4-8-15)22(30-32-25(20)36-23)16-9-5-2-6-10-16/h1-14H,28H2,(H,31,34)(H2,29,33,35). The van der Waals surface area contributed by atoms with Crippen LogP contribution in [0.1, 0.15) is 9.67 Å². The van der Waals surface area contributed by atoms with Gasteiger partial charge in [-0.3, -0.25) is 15.6 Å². The number of carbonyl (C=O) groups excluding carboxylic acids is 1. The SMILES string of the molecule is Nc1c(C(=O)NNC(=S)Nc2ccc(Cl)cc2)sc2nnc(-c3ccccc3)c(-c3ccccc3)c12. The monoisotopic (exact) mass is 530 g/mol. The molecule has 7 nitrogen and oxygen atoms in total. The molecule has 1 amide bonds. The first-order chi connectivity index (χ1) is 17.5. The zero-order valence-electron chi connectivity index (χ0n) is 18.7. The summed E-state index contributed by atoms with van der Waals surface area (Å²) in [4.78, 5) is 13.9. The minimum Gasteiger partial charge on any atom is -0.397 e. The molecule has 5 N–H and O–H groups in total. The van der Waals surface area contributed by atoms with Gasteiger partial charge in [0.25, 0.3) is 5.91 Å². The average Bonchev–Trinajstić information content (AvgIpc) is 3.25. The van der Waals surface area contributed by atoms with Crippen molar-refractivity contribution < 1.29 is 4.79 Å². The van der Waals surface area contributed by atoms with Crippen LogP contribution >= 0.6 is 35.2 Å². The fraction of sp³-hybridized carbons (Fsp3) is 0. The molecule has 0 saturated heterocycles. The van der Waals surface area contributed by atoms with Crippen LogP contribution in [-0.2, 0) is 0 Å². The van der Waals surface area contributed by atoms with E-state index in [2.05, 4.69) is 26.4 Å². The van der Waals surface area contributed by atoms with Crippen molar-refractivity contribution in [3.8, 4) is 22.4 Å². The lowest BCUT2D eigenvalue weighted by molar-refractivity contribution is 0.0949. The quantitative estimate of drug-likeness (QED) is 0.169. The fourth-order valence-corrected chi connectivity index (χ4v) is 4.97. The molecule has 0 atom stereocenters. The summed E-state index contributed by atoms with van der Waals surface area (Å²) in [5.41, 5.74) is 16.3. The van der Waals surface area contributed by atoms with E-state index in [4.69, 9.17) is 29.6 Å². The molecule has 5 rings (SSSR count). The first-order valence-electron chi connectivity index (χ1n) is 10.8. The molecule has 0 aliphatic rings. The van der Waals surface area contributed by atoms with Crippen molar-refractivity contribution >= 4 is 67.8 Å². The number of amides is 1. The summed E-state index contributed by atoms with van der Waals surface area (Å²) in [7, 11) is 0. The number of thiocarbonyl (C=S) groups is 1. The Balaban J connectivity index is 1.47. The highest BCUT2D eigenvalue weighted by molar-refractivity contribution is 7.80. The van der Waals surface area contributed by atoms with Crippen molar-refractivity contribution in [1.29, 1.82) is 0 Å². The van der Waals surface area contributed by atoms with Gasteiger partial charge in [-0.2, -0.15) is 0 Å². The summed E-state index contributed by atoms with van der Waals surface area (Å²) in [5.74, 6) is -0.434. The second-order valence-corrected chi connectivity index (χ2v) is 9.56. The first-order valence-corrected chi connectivity index (χ1v) is 12.4. The number of nitrogen functional groups attached to an aromatic ring is 1. The van der Waals surface area contributed by atoms with Crippen molar-refractivity contribution in [3.05, 3.63) is 94.8 Å². The largest absolute Gasteiger partial charge is 0.397 e. The molecule has 0 unspecified atom stereocenters. The molecule has 0 aliphatic heterocycles. The smallest absolute Gasteiger partial charge is 0.281 e. The third-order valence-electron chi connectivity index (χ3n) is 5.36. The zero-order chi connectivity index (χ0) is 25.1. The Kier molecular flexibility index (Phi) is 6.77. The van der Waals surface area contributed by atoms with Crippen LogP contribution in [0.5, 0.6) is 0 Å². The van der Waals surface area contributed by atoms with Gasteiger partial charge in [0, 0.05) is 27.2 Å². The number of benzene rings is 3. The molecule has 178 valence electrons. The van der Waals surface area contributed by atoms with E-state index in [1.165, 1.54) is 11.3 Å². The van der Waals surface area contributed by atoms with Crippen LogP contribution in [0.25, 0.3) is 32.6 Å². The van der Waals surface area contributed by atoms with E-state index in [0.717, 1.165) is 22.4 Å². The summed E-state index contributed by atoms with van der Waals surface area (Å²) in [6.07, 6.45) is 0. The highest BCUT2D eigenvalue weighted by atomic mass is 35.5. The number of nitrogens with zero attached hydrogens (tertiary/aromatic N) is 2. The Bertz CT molecular complexity index is 1560. The van der Waals surface area contributed by atoms with E-state index in [0.29, 0.717) is 31.5 Å². The second kappa shape index (κ2) is 10.3. The number of fused-ring (bicyclic) bond motifs is 1. The van der Waals surface area contributed by atoms with Crippen molar-refractivity contribution in [2.45, 2.75) is 0 Å². The summed E-state index contributed by atoms with van der Waals surface area (Å²) in [6, 6.07) is 26.6. The molecule has 0 spiro atoms. The van der Waals surface area contributed by atoms with E-state index in [-0.39, 0.29) is 5.11 Å². The molecule has 2 aromatic heterocycles. The molecule has 0 saturated carbocycles. The molecule has 0 bridgehead atoms. The topological polar surface area (TPSA) is 105 Å². The van der Waals surface area contributed by atoms with Crippen LogP contribution in [-0.4, -0.2) is 21.2 Å². The first kappa shape index (κ1) is 23.7. The molecule has 3 aromatic carbocycles. The van der Waals surface area contributed by atoms with E-state index in [1.54, 1.807) is 24.3 Å². The number of hydrogen-bond donors (Lipinski definition) is 4. The van der Waals surface area contributed by atoms with Gasteiger partial charge in [-0.1, -0.05) is 72.3 Å². The maximum absolute atomic E-state index is 13.0. The van der Waals surface area contributed by atoms with Crippen molar-refractivity contribution in [1.82, 2.24) is 21.0 Å². The number of rotatable bonds is 4. The lowest BCUT2D eigenvalue weighted by Crippen LogP contribution is -2.43. The Morgan fingerprint density at radius 3 is 2.17 bits per heavy atom. The average molecular weight is 531 g/mol. The van der Waals surface area contributed by atoms with Crippen LogP contribution in [0.4, 0.5) is 11.4 Å². The number of hydrogen-bond acceptors (Lipinski definition) is 6. The Morgan fingerprint density at radius 1 is 0.861 bits per heavy atom. The molecule has 0 fully saturated rings. The molecular weight excluding hydrogens is 512 g/mol. The minimum atomic E-state index is -0.434. The van der Waals surface area contributed by atoms with Crippen LogP contribution in [0, 0.1) is 0 Å². The van der Waals surface area contributed by atoms with Crippen LogP contribution in [0.15, 0.2) is 84.9 Å². The second-order valence-electron chi connectivity index (χ2n) is 7.72. The van der Waals surface area contributed by atoms with Gasteiger partial charge in [-0.25, -0.2) is 0 Å². The van der Waals surface area contributed by atoms with Gasteiger partial charge in [0.15, 0.2) is 5.11 Å². The van der Waals surface area contributed by atoms with E-state index >= 15 is 0 Å². The molecule has 5 aromatic rings. The summed E-state index contributed by atoms with van der Waals surface area (Å²) in [5, 5.41) is 13.4. The highest BCUT2D eigenvalue weighted by Gasteiger charge is 2.24.